The van der Waals surface area contributed by atoms with Crippen molar-refractivity contribution in [2.45, 2.75) is 51.0 Å². The quantitative estimate of drug-likeness (QED) is 0.595. The Kier molecular flexibility index (Phi) is 5.74. The van der Waals surface area contributed by atoms with Gasteiger partial charge >= 0.3 is 0 Å². The van der Waals surface area contributed by atoms with Crippen molar-refractivity contribution < 1.29 is 8.42 Å². The topological polar surface area (TPSA) is 76.9 Å². The van der Waals surface area contributed by atoms with E-state index in [9.17, 15) is 8.42 Å². The first-order valence-corrected chi connectivity index (χ1v) is 11.2. The van der Waals surface area contributed by atoms with Gasteiger partial charge in [-0.1, -0.05) is 50.6 Å². The highest BCUT2D eigenvalue weighted by molar-refractivity contribution is 7.92. The number of aromatic nitrogens is 3. The molecule has 0 aliphatic heterocycles. The molecule has 0 aliphatic rings. The minimum atomic E-state index is -3.79. The summed E-state index contributed by atoms with van der Waals surface area (Å²) in [6.45, 7) is 10.2. The SMILES string of the molecule is CC(C)n1cnnc1-c1cc(C(C)(C)C)c(Cl)cc1NS(=O)(=O)c1ccccc1. The van der Waals surface area contributed by atoms with Crippen LogP contribution in [-0.2, 0) is 15.4 Å². The third kappa shape index (κ3) is 4.46. The summed E-state index contributed by atoms with van der Waals surface area (Å²) in [6.07, 6.45) is 1.64. The number of hydrogen-bond donors (Lipinski definition) is 1. The van der Waals surface area contributed by atoms with Gasteiger partial charge in [0.05, 0.1) is 10.6 Å². The number of halogens is 1. The number of sulfonamides is 1. The lowest BCUT2D eigenvalue weighted by Crippen LogP contribution is -2.17. The molecule has 0 radical (unpaired) electrons. The van der Waals surface area contributed by atoms with Crippen LogP contribution in [0.4, 0.5) is 5.69 Å². The maximum absolute atomic E-state index is 12.9. The third-order valence-electron chi connectivity index (χ3n) is 4.58. The summed E-state index contributed by atoms with van der Waals surface area (Å²) in [7, 11) is -3.79. The Labute approximate surface area is 177 Å². The first kappa shape index (κ1) is 21.3. The Hall–Kier alpha value is -2.38. The molecule has 0 amide bonds. The van der Waals surface area contributed by atoms with E-state index in [0.29, 0.717) is 22.1 Å². The molecule has 1 heterocycles. The average molecular weight is 433 g/mol. The van der Waals surface area contributed by atoms with Gasteiger partial charge < -0.3 is 4.57 Å². The van der Waals surface area contributed by atoms with Crippen LogP contribution >= 0.6 is 11.6 Å². The average Bonchev–Trinajstić information content (AvgIpc) is 3.11. The van der Waals surface area contributed by atoms with Crippen molar-refractivity contribution in [1.82, 2.24) is 14.8 Å². The number of benzene rings is 2. The Morgan fingerprint density at radius 1 is 1.10 bits per heavy atom. The summed E-state index contributed by atoms with van der Waals surface area (Å²) < 4.78 is 30.5. The fraction of sp³-hybridized carbons (Fsp3) is 0.333. The number of anilines is 1. The van der Waals surface area contributed by atoms with Gasteiger partial charge in [-0.3, -0.25) is 4.72 Å². The van der Waals surface area contributed by atoms with Crippen LogP contribution in [0.1, 0.15) is 46.2 Å². The van der Waals surface area contributed by atoms with Crippen LogP contribution in [0.2, 0.25) is 5.02 Å². The van der Waals surface area contributed by atoms with E-state index in [2.05, 4.69) is 35.7 Å². The molecule has 0 saturated heterocycles. The molecule has 0 spiro atoms. The van der Waals surface area contributed by atoms with Gasteiger partial charge in [-0.15, -0.1) is 10.2 Å². The highest BCUT2D eigenvalue weighted by atomic mass is 35.5. The molecule has 0 atom stereocenters. The zero-order valence-corrected chi connectivity index (χ0v) is 18.7. The number of nitrogens with zero attached hydrogens (tertiary/aromatic N) is 3. The molecule has 3 aromatic rings. The van der Waals surface area contributed by atoms with E-state index >= 15 is 0 Å². The van der Waals surface area contributed by atoms with E-state index in [4.69, 9.17) is 11.6 Å². The lowest BCUT2D eigenvalue weighted by atomic mass is 9.85. The van der Waals surface area contributed by atoms with Gasteiger partial charge in [-0.2, -0.15) is 0 Å². The van der Waals surface area contributed by atoms with Crippen molar-refractivity contribution in [1.29, 1.82) is 0 Å². The van der Waals surface area contributed by atoms with Crippen molar-refractivity contribution in [3.63, 3.8) is 0 Å². The van der Waals surface area contributed by atoms with E-state index in [1.165, 1.54) is 0 Å². The first-order valence-electron chi connectivity index (χ1n) is 9.32. The molecule has 0 bridgehead atoms. The second-order valence-electron chi connectivity index (χ2n) is 8.20. The second-order valence-corrected chi connectivity index (χ2v) is 10.3. The number of hydrogen-bond acceptors (Lipinski definition) is 4. The minimum Gasteiger partial charge on any atom is -0.311 e. The van der Waals surface area contributed by atoms with E-state index in [0.717, 1.165) is 5.56 Å². The van der Waals surface area contributed by atoms with Crippen molar-refractivity contribution in [3.8, 4) is 11.4 Å². The van der Waals surface area contributed by atoms with E-state index in [1.807, 2.05) is 24.5 Å². The van der Waals surface area contributed by atoms with Crippen LogP contribution in [0.25, 0.3) is 11.4 Å². The summed E-state index contributed by atoms with van der Waals surface area (Å²) in [5.74, 6) is 0.577. The maximum Gasteiger partial charge on any atom is 0.261 e. The molecule has 0 fully saturated rings. The van der Waals surface area contributed by atoms with Gasteiger partial charge in [-0.25, -0.2) is 8.42 Å². The van der Waals surface area contributed by atoms with Crippen LogP contribution in [0, 0.1) is 0 Å². The lowest BCUT2D eigenvalue weighted by Gasteiger charge is -2.24. The molecule has 0 unspecified atom stereocenters. The molecule has 2 aromatic carbocycles. The largest absolute Gasteiger partial charge is 0.311 e. The minimum absolute atomic E-state index is 0.104. The van der Waals surface area contributed by atoms with E-state index in [1.54, 1.807) is 42.7 Å². The van der Waals surface area contributed by atoms with Crippen LogP contribution in [0.3, 0.4) is 0 Å². The Bertz CT molecular complexity index is 1120. The Balaban J connectivity index is 2.21. The van der Waals surface area contributed by atoms with E-state index < -0.39 is 10.0 Å². The Morgan fingerprint density at radius 3 is 2.34 bits per heavy atom. The van der Waals surface area contributed by atoms with Crippen molar-refractivity contribution >= 4 is 27.3 Å². The van der Waals surface area contributed by atoms with Crippen LogP contribution in [0.5, 0.6) is 0 Å². The van der Waals surface area contributed by atoms with Gasteiger partial charge in [0.25, 0.3) is 10.0 Å². The fourth-order valence-electron chi connectivity index (χ4n) is 3.03. The summed E-state index contributed by atoms with van der Waals surface area (Å²) in [6, 6.07) is 11.9. The van der Waals surface area contributed by atoms with Gasteiger partial charge in [0.1, 0.15) is 6.33 Å². The highest BCUT2D eigenvalue weighted by Crippen LogP contribution is 2.39. The third-order valence-corrected chi connectivity index (χ3v) is 6.28. The van der Waals surface area contributed by atoms with Gasteiger partial charge in [0.15, 0.2) is 5.82 Å². The predicted molar refractivity (Wildman–Crippen MR) is 117 cm³/mol. The Morgan fingerprint density at radius 2 is 1.76 bits per heavy atom. The number of nitrogens with one attached hydrogen (secondary N) is 1. The summed E-state index contributed by atoms with van der Waals surface area (Å²) >= 11 is 6.55. The zero-order valence-electron chi connectivity index (χ0n) is 17.1. The fourth-order valence-corrected chi connectivity index (χ4v) is 4.57. The summed E-state index contributed by atoms with van der Waals surface area (Å²) in [5.41, 5.74) is 1.66. The highest BCUT2D eigenvalue weighted by Gasteiger charge is 2.25. The van der Waals surface area contributed by atoms with E-state index in [-0.39, 0.29) is 16.4 Å². The molecule has 0 saturated carbocycles. The smallest absolute Gasteiger partial charge is 0.261 e. The lowest BCUT2D eigenvalue weighted by molar-refractivity contribution is 0.589. The van der Waals surface area contributed by atoms with Gasteiger partial charge in [0.2, 0.25) is 0 Å². The molecule has 1 N–H and O–H groups in total. The number of rotatable bonds is 5. The van der Waals surface area contributed by atoms with Crippen LogP contribution in [-0.4, -0.2) is 23.2 Å². The molecule has 6 nitrogen and oxygen atoms in total. The summed E-state index contributed by atoms with van der Waals surface area (Å²) in [5, 5.41) is 8.78. The molecule has 8 heteroatoms. The second kappa shape index (κ2) is 7.80. The normalized spacial score (nSPS) is 12.4. The molecule has 0 aliphatic carbocycles. The molecule has 3 rings (SSSR count). The standard InChI is InChI=1S/C21H25ClN4O2S/c1-14(2)26-13-23-24-20(26)16-11-17(21(3,4)5)18(22)12-19(16)25-29(27,28)15-9-7-6-8-10-15/h6-14,25H,1-5H3. The monoisotopic (exact) mass is 432 g/mol. The van der Waals surface area contributed by atoms with Crippen LogP contribution < -0.4 is 4.72 Å². The molecule has 29 heavy (non-hydrogen) atoms. The molecule has 154 valence electrons. The molecular weight excluding hydrogens is 408 g/mol. The first-order chi connectivity index (χ1) is 13.5. The van der Waals surface area contributed by atoms with Crippen molar-refractivity contribution in [3.05, 3.63) is 59.4 Å². The predicted octanol–water partition coefficient (Wildman–Crippen LogP) is 5.28. The molecular formula is C21H25ClN4O2S. The maximum atomic E-state index is 12.9. The zero-order chi connectivity index (χ0) is 21.4. The van der Waals surface area contributed by atoms with Crippen molar-refractivity contribution in [2.24, 2.45) is 0 Å². The summed E-state index contributed by atoms with van der Waals surface area (Å²) in [4.78, 5) is 0.173. The van der Waals surface area contributed by atoms with Gasteiger partial charge in [-0.05, 0) is 49.1 Å². The van der Waals surface area contributed by atoms with Crippen LogP contribution in [0.15, 0.2) is 53.7 Å². The molecule has 1 aromatic heterocycles. The van der Waals surface area contributed by atoms with Crippen molar-refractivity contribution in [2.75, 3.05) is 4.72 Å². The van der Waals surface area contributed by atoms with Gasteiger partial charge in [0, 0.05) is 16.6 Å².